The molecule has 10 heteroatoms. The average Bonchev–Trinajstić information content (AvgIpc) is 3.44. The lowest BCUT2D eigenvalue weighted by Crippen LogP contribution is -2.33. The van der Waals surface area contributed by atoms with E-state index in [0.717, 1.165) is 16.9 Å². The summed E-state index contributed by atoms with van der Waals surface area (Å²) in [6, 6.07) is 17.1. The third-order valence-corrected chi connectivity index (χ3v) is 5.87. The Bertz CT molecular complexity index is 1270. The van der Waals surface area contributed by atoms with Gasteiger partial charge in [0, 0.05) is 5.69 Å². The van der Waals surface area contributed by atoms with E-state index in [1.165, 1.54) is 36.0 Å². The van der Waals surface area contributed by atoms with Crippen LogP contribution in [0.15, 0.2) is 76.5 Å². The molecular weight excluding hydrogens is 457 g/mol. The summed E-state index contributed by atoms with van der Waals surface area (Å²) >= 11 is 1.23. The molecule has 0 unspecified atom stereocenters. The zero-order valence-corrected chi connectivity index (χ0v) is 19.1. The standard InChI is InChI=1S/C24H22FN5O3S/c1-16-20(11-12-33-16)23-28-29-24(30(23)14-17-5-3-2-4-6-17)34-15-22(32)26-13-21(31)27-19-9-7-18(25)8-10-19/h2-12H,13-15H2,1H3,(H,26,32)(H,27,31). The van der Waals surface area contributed by atoms with Gasteiger partial charge in [-0.15, -0.1) is 10.2 Å². The number of carbonyl (C=O) groups is 2. The summed E-state index contributed by atoms with van der Waals surface area (Å²) in [6.45, 7) is 2.18. The summed E-state index contributed by atoms with van der Waals surface area (Å²) in [5, 5.41) is 14.4. The number of aryl methyl sites for hydroxylation is 1. The minimum absolute atomic E-state index is 0.0567. The lowest BCUT2D eigenvalue weighted by Gasteiger charge is -2.10. The molecule has 34 heavy (non-hydrogen) atoms. The Morgan fingerprint density at radius 3 is 2.50 bits per heavy atom. The number of carbonyl (C=O) groups excluding carboxylic acids is 2. The van der Waals surface area contributed by atoms with Gasteiger partial charge in [0.2, 0.25) is 11.8 Å². The lowest BCUT2D eigenvalue weighted by molar-refractivity contribution is -0.122. The van der Waals surface area contributed by atoms with Crippen molar-refractivity contribution in [1.82, 2.24) is 20.1 Å². The normalized spacial score (nSPS) is 10.8. The number of benzene rings is 2. The van der Waals surface area contributed by atoms with E-state index in [0.29, 0.717) is 23.2 Å². The molecule has 4 aromatic rings. The second kappa shape index (κ2) is 10.8. The van der Waals surface area contributed by atoms with Gasteiger partial charge in [-0.3, -0.25) is 14.2 Å². The van der Waals surface area contributed by atoms with Crippen LogP contribution in [0.3, 0.4) is 0 Å². The summed E-state index contributed by atoms with van der Waals surface area (Å²) in [7, 11) is 0. The summed E-state index contributed by atoms with van der Waals surface area (Å²) < 4.78 is 20.3. The monoisotopic (exact) mass is 479 g/mol. The molecule has 2 aromatic carbocycles. The fraction of sp³-hybridized carbons (Fsp3) is 0.167. The highest BCUT2D eigenvalue weighted by Crippen LogP contribution is 2.28. The van der Waals surface area contributed by atoms with Crippen molar-refractivity contribution >= 4 is 29.3 Å². The number of hydrogen-bond donors (Lipinski definition) is 2. The van der Waals surface area contributed by atoms with Crippen LogP contribution in [-0.4, -0.2) is 38.9 Å². The maximum absolute atomic E-state index is 13.0. The Labute approximate surface area is 199 Å². The minimum atomic E-state index is -0.407. The fourth-order valence-corrected chi connectivity index (χ4v) is 3.99. The summed E-state index contributed by atoms with van der Waals surface area (Å²) in [5.74, 6) is 0.306. The molecule has 0 aliphatic heterocycles. The quantitative estimate of drug-likeness (QED) is 0.353. The van der Waals surface area contributed by atoms with E-state index < -0.39 is 11.7 Å². The first-order chi connectivity index (χ1) is 16.5. The largest absolute Gasteiger partial charge is 0.469 e. The van der Waals surface area contributed by atoms with E-state index >= 15 is 0 Å². The van der Waals surface area contributed by atoms with Crippen LogP contribution >= 0.6 is 11.8 Å². The Balaban J connectivity index is 1.38. The average molecular weight is 480 g/mol. The van der Waals surface area contributed by atoms with Crippen LogP contribution in [0.2, 0.25) is 0 Å². The molecule has 0 aliphatic carbocycles. The first-order valence-corrected chi connectivity index (χ1v) is 11.4. The van der Waals surface area contributed by atoms with Crippen molar-refractivity contribution in [2.24, 2.45) is 0 Å². The van der Waals surface area contributed by atoms with Crippen molar-refractivity contribution in [3.8, 4) is 11.4 Å². The summed E-state index contributed by atoms with van der Waals surface area (Å²) in [5.41, 5.74) is 2.34. The van der Waals surface area contributed by atoms with Crippen molar-refractivity contribution in [3.63, 3.8) is 0 Å². The lowest BCUT2D eigenvalue weighted by atomic mass is 10.2. The Morgan fingerprint density at radius 2 is 1.79 bits per heavy atom. The molecule has 0 aliphatic rings. The van der Waals surface area contributed by atoms with Gasteiger partial charge in [-0.2, -0.15) is 0 Å². The van der Waals surface area contributed by atoms with Gasteiger partial charge in [0.25, 0.3) is 0 Å². The van der Waals surface area contributed by atoms with Crippen molar-refractivity contribution in [2.75, 3.05) is 17.6 Å². The van der Waals surface area contributed by atoms with Gasteiger partial charge in [-0.25, -0.2) is 4.39 Å². The zero-order chi connectivity index (χ0) is 23.9. The van der Waals surface area contributed by atoms with Crippen LogP contribution in [0.4, 0.5) is 10.1 Å². The van der Waals surface area contributed by atoms with Gasteiger partial charge in [0.1, 0.15) is 11.6 Å². The van der Waals surface area contributed by atoms with Crippen LogP contribution in [0, 0.1) is 12.7 Å². The van der Waals surface area contributed by atoms with E-state index in [9.17, 15) is 14.0 Å². The summed E-state index contributed by atoms with van der Waals surface area (Å²) in [4.78, 5) is 24.4. The molecule has 0 radical (unpaired) electrons. The Hall–Kier alpha value is -3.92. The molecule has 2 heterocycles. The van der Waals surface area contributed by atoms with Crippen LogP contribution in [0.1, 0.15) is 11.3 Å². The molecule has 2 N–H and O–H groups in total. The molecule has 0 spiro atoms. The highest BCUT2D eigenvalue weighted by atomic mass is 32.2. The number of hydrogen-bond acceptors (Lipinski definition) is 6. The molecule has 0 bridgehead atoms. The fourth-order valence-electron chi connectivity index (χ4n) is 3.22. The SMILES string of the molecule is Cc1occc1-c1nnc(SCC(=O)NCC(=O)Nc2ccc(F)cc2)n1Cc1ccccc1. The predicted molar refractivity (Wildman–Crippen MR) is 127 cm³/mol. The van der Waals surface area contributed by atoms with E-state index in [4.69, 9.17) is 4.42 Å². The predicted octanol–water partition coefficient (Wildman–Crippen LogP) is 3.88. The van der Waals surface area contributed by atoms with Crippen LogP contribution in [0.5, 0.6) is 0 Å². The minimum Gasteiger partial charge on any atom is -0.469 e. The maximum atomic E-state index is 13.0. The zero-order valence-electron chi connectivity index (χ0n) is 18.3. The van der Waals surface area contributed by atoms with Crippen molar-refractivity contribution < 1.29 is 18.4 Å². The number of anilines is 1. The van der Waals surface area contributed by atoms with Gasteiger partial charge in [0.05, 0.1) is 30.7 Å². The molecule has 2 amide bonds. The number of furan rings is 1. The van der Waals surface area contributed by atoms with Crippen molar-refractivity contribution in [3.05, 3.63) is 84.1 Å². The first kappa shape index (κ1) is 23.2. The molecule has 174 valence electrons. The number of halogens is 1. The van der Waals surface area contributed by atoms with Crippen LogP contribution in [-0.2, 0) is 16.1 Å². The highest BCUT2D eigenvalue weighted by molar-refractivity contribution is 7.99. The van der Waals surface area contributed by atoms with Gasteiger partial charge >= 0.3 is 0 Å². The highest BCUT2D eigenvalue weighted by Gasteiger charge is 2.19. The number of rotatable bonds is 9. The Morgan fingerprint density at radius 1 is 1.03 bits per heavy atom. The summed E-state index contributed by atoms with van der Waals surface area (Å²) in [6.07, 6.45) is 1.60. The van der Waals surface area contributed by atoms with E-state index in [2.05, 4.69) is 20.8 Å². The van der Waals surface area contributed by atoms with Crippen LogP contribution < -0.4 is 10.6 Å². The number of aromatic nitrogens is 3. The smallest absolute Gasteiger partial charge is 0.243 e. The number of nitrogens with one attached hydrogen (secondary N) is 2. The topological polar surface area (TPSA) is 102 Å². The molecule has 8 nitrogen and oxygen atoms in total. The first-order valence-electron chi connectivity index (χ1n) is 10.5. The van der Waals surface area contributed by atoms with E-state index in [1.54, 1.807) is 6.26 Å². The number of amides is 2. The van der Waals surface area contributed by atoms with Gasteiger partial charge in [-0.1, -0.05) is 42.1 Å². The second-order valence-electron chi connectivity index (χ2n) is 7.39. The molecule has 0 saturated heterocycles. The molecule has 0 fully saturated rings. The maximum Gasteiger partial charge on any atom is 0.243 e. The van der Waals surface area contributed by atoms with Crippen molar-refractivity contribution in [2.45, 2.75) is 18.6 Å². The Kier molecular flexibility index (Phi) is 7.38. The molecule has 4 rings (SSSR count). The number of thioether (sulfide) groups is 1. The molecule has 0 saturated carbocycles. The number of nitrogens with zero attached hydrogens (tertiary/aromatic N) is 3. The van der Waals surface area contributed by atoms with Gasteiger partial charge in [0.15, 0.2) is 11.0 Å². The third-order valence-electron chi connectivity index (χ3n) is 4.91. The molecular formula is C24H22FN5O3S. The second-order valence-corrected chi connectivity index (χ2v) is 8.33. The van der Waals surface area contributed by atoms with E-state index in [1.807, 2.05) is 47.9 Å². The van der Waals surface area contributed by atoms with Crippen molar-refractivity contribution in [1.29, 1.82) is 0 Å². The molecule has 0 atom stereocenters. The third kappa shape index (κ3) is 5.90. The van der Waals surface area contributed by atoms with Gasteiger partial charge in [-0.05, 0) is 42.8 Å². The van der Waals surface area contributed by atoms with E-state index in [-0.39, 0.29) is 18.2 Å². The van der Waals surface area contributed by atoms with Crippen LogP contribution in [0.25, 0.3) is 11.4 Å². The molecule has 2 aromatic heterocycles. The van der Waals surface area contributed by atoms with Gasteiger partial charge < -0.3 is 15.1 Å².